The molecule has 1 aromatic rings. The molecule has 1 fully saturated rings. The number of amides is 2. The zero-order valence-electron chi connectivity index (χ0n) is 9.59. The van der Waals surface area contributed by atoms with E-state index in [4.69, 9.17) is 4.74 Å². The predicted octanol–water partition coefficient (Wildman–Crippen LogP) is 1.92. The lowest BCUT2D eigenvalue weighted by Gasteiger charge is -2.10. The molecule has 0 N–H and O–H groups in total. The van der Waals surface area contributed by atoms with Crippen molar-refractivity contribution in [3.05, 3.63) is 35.9 Å². The summed E-state index contributed by atoms with van der Waals surface area (Å²) in [6.07, 6.45) is -1.09. The highest BCUT2D eigenvalue weighted by Crippen LogP contribution is 2.25. The molecule has 0 bridgehead atoms. The topological polar surface area (TPSA) is 52.6 Å². The first-order valence-corrected chi connectivity index (χ1v) is 5.36. The number of quaternary nitrogens is 1. The summed E-state index contributed by atoms with van der Waals surface area (Å²) in [5.74, 6) is 0. The molecule has 0 unspecified atom stereocenters. The maximum Gasteiger partial charge on any atom is 0.527 e. The molecule has 0 radical (unpaired) electrons. The molecular formula is C12H14NO4+. The molecule has 1 aromatic carbocycles. The van der Waals surface area contributed by atoms with Crippen LogP contribution in [-0.2, 0) is 16.1 Å². The van der Waals surface area contributed by atoms with Crippen LogP contribution in [0.1, 0.15) is 5.56 Å². The number of hydrogen-bond acceptors (Lipinski definition) is 4. The molecular weight excluding hydrogens is 222 g/mol. The van der Waals surface area contributed by atoms with Crippen molar-refractivity contribution in [3.8, 4) is 0 Å². The molecule has 1 saturated heterocycles. The molecule has 1 aliphatic heterocycles. The highest BCUT2D eigenvalue weighted by molar-refractivity contribution is 5.78. The fourth-order valence-electron chi connectivity index (χ4n) is 1.56. The van der Waals surface area contributed by atoms with Crippen molar-refractivity contribution in [3.63, 3.8) is 0 Å². The third kappa shape index (κ3) is 2.29. The second kappa shape index (κ2) is 4.55. The third-order valence-corrected chi connectivity index (χ3v) is 2.75. The Bertz CT molecular complexity index is 425. The lowest BCUT2D eigenvalue weighted by molar-refractivity contribution is -0.643. The van der Waals surface area contributed by atoms with E-state index in [0.29, 0.717) is 13.1 Å². The summed E-state index contributed by atoms with van der Waals surface area (Å²) in [7, 11) is 1.27. The first kappa shape index (κ1) is 11.6. The number of benzene rings is 1. The Hall–Kier alpha value is -1.88. The lowest BCUT2D eigenvalue weighted by atomic mass is 10.2. The fraction of sp³-hybridized carbons (Fsp3) is 0.333. The summed E-state index contributed by atoms with van der Waals surface area (Å²) in [6, 6.07) is 9.34. The van der Waals surface area contributed by atoms with Gasteiger partial charge in [0.05, 0.1) is 7.11 Å². The minimum absolute atomic E-state index is 0.177. The second-order valence-corrected chi connectivity index (χ2v) is 3.93. The van der Waals surface area contributed by atoms with Gasteiger partial charge in [-0.15, -0.1) is 4.48 Å². The molecule has 0 aromatic heterocycles. The van der Waals surface area contributed by atoms with Crippen LogP contribution in [0.5, 0.6) is 0 Å². The number of carbonyl (C=O) groups excluding carboxylic acids is 2. The minimum Gasteiger partial charge on any atom is -0.423 e. The smallest absolute Gasteiger partial charge is 0.423 e. The molecule has 2 amide bonds. The average molecular weight is 236 g/mol. The van der Waals surface area contributed by atoms with Gasteiger partial charge < -0.3 is 9.47 Å². The third-order valence-electron chi connectivity index (χ3n) is 2.75. The van der Waals surface area contributed by atoms with Crippen LogP contribution in [0.25, 0.3) is 0 Å². The zero-order chi connectivity index (χ0) is 12.3. The maximum atomic E-state index is 11.8. The Morgan fingerprint density at radius 2 is 1.82 bits per heavy atom. The van der Waals surface area contributed by atoms with E-state index < -0.39 is 12.2 Å². The maximum absolute atomic E-state index is 11.8. The van der Waals surface area contributed by atoms with Crippen LogP contribution in [0.4, 0.5) is 9.59 Å². The quantitative estimate of drug-likeness (QED) is 0.581. The first-order chi connectivity index (χ1) is 8.19. The highest BCUT2D eigenvalue weighted by Gasteiger charge is 2.60. The number of imide groups is 1. The molecule has 0 aliphatic carbocycles. The van der Waals surface area contributed by atoms with Crippen molar-refractivity contribution >= 4 is 12.2 Å². The summed E-state index contributed by atoms with van der Waals surface area (Å²) < 4.78 is 9.35. The van der Waals surface area contributed by atoms with Crippen molar-refractivity contribution < 1.29 is 23.5 Å². The van der Waals surface area contributed by atoms with E-state index in [2.05, 4.69) is 4.74 Å². The summed E-state index contributed by atoms with van der Waals surface area (Å²) >= 11 is 0. The molecule has 90 valence electrons. The number of rotatable bonds is 2. The SMILES string of the molecule is COC(=O)[N+]1(C(=O)OCc2ccccc2)CC1. The second-order valence-electron chi connectivity index (χ2n) is 3.93. The van der Waals surface area contributed by atoms with Crippen molar-refractivity contribution in [2.75, 3.05) is 20.2 Å². The van der Waals surface area contributed by atoms with Gasteiger partial charge in [-0.05, 0) is 5.56 Å². The van der Waals surface area contributed by atoms with Crippen LogP contribution < -0.4 is 0 Å². The number of nitrogens with zero attached hydrogens (tertiary/aromatic N) is 1. The van der Waals surface area contributed by atoms with Crippen LogP contribution in [0.3, 0.4) is 0 Å². The molecule has 5 nitrogen and oxygen atoms in total. The average Bonchev–Trinajstić information content (AvgIpc) is 3.17. The fourth-order valence-corrected chi connectivity index (χ4v) is 1.56. The highest BCUT2D eigenvalue weighted by atomic mass is 16.6. The molecule has 1 aliphatic rings. The van der Waals surface area contributed by atoms with E-state index in [-0.39, 0.29) is 11.1 Å². The number of ether oxygens (including phenoxy) is 2. The van der Waals surface area contributed by atoms with Gasteiger partial charge in [-0.3, -0.25) is 0 Å². The summed E-state index contributed by atoms with van der Waals surface area (Å²) in [4.78, 5) is 23.1. The Kier molecular flexibility index (Phi) is 3.10. The molecule has 0 saturated carbocycles. The van der Waals surface area contributed by atoms with Gasteiger partial charge in [-0.1, -0.05) is 30.3 Å². The standard InChI is InChI=1S/C12H14NO4/c1-16-11(14)13(7-8-13)12(15)17-9-10-5-3-2-4-6-10/h2-6H,7-9H2,1H3/q+1. The van der Waals surface area contributed by atoms with Gasteiger partial charge in [0.1, 0.15) is 6.61 Å². The summed E-state index contributed by atoms with van der Waals surface area (Å²) in [6.45, 7) is 1.09. The zero-order valence-corrected chi connectivity index (χ0v) is 9.59. The predicted molar refractivity (Wildman–Crippen MR) is 59.0 cm³/mol. The van der Waals surface area contributed by atoms with Gasteiger partial charge in [0.15, 0.2) is 13.1 Å². The van der Waals surface area contributed by atoms with Crippen LogP contribution in [0.15, 0.2) is 30.3 Å². The molecule has 5 heteroatoms. The van der Waals surface area contributed by atoms with E-state index in [1.807, 2.05) is 30.3 Å². The molecule has 0 spiro atoms. The van der Waals surface area contributed by atoms with Gasteiger partial charge in [-0.2, -0.15) is 9.59 Å². The van der Waals surface area contributed by atoms with Crippen molar-refractivity contribution in [2.45, 2.75) is 6.61 Å². The Morgan fingerprint density at radius 1 is 1.18 bits per heavy atom. The molecule has 17 heavy (non-hydrogen) atoms. The monoisotopic (exact) mass is 236 g/mol. The Morgan fingerprint density at radius 3 is 2.35 bits per heavy atom. The van der Waals surface area contributed by atoms with Crippen LogP contribution >= 0.6 is 0 Å². The van der Waals surface area contributed by atoms with Crippen LogP contribution in [-0.4, -0.2) is 36.9 Å². The van der Waals surface area contributed by atoms with E-state index in [0.717, 1.165) is 5.56 Å². The van der Waals surface area contributed by atoms with E-state index in [1.165, 1.54) is 7.11 Å². The Balaban J connectivity index is 1.92. The molecule has 2 rings (SSSR count). The Labute approximate surface area is 99.1 Å². The van der Waals surface area contributed by atoms with Gasteiger partial charge in [0, 0.05) is 0 Å². The van der Waals surface area contributed by atoms with E-state index >= 15 is 0 Å². The van der Waals surface area contributed by atoms with Gasteiger partial charge in [0.2, 0.25) is 0 Å². The largest absolute Gasteiger partial charge is 0.527 e. The summed E-state index contributed by atoms with van der Waals surface area (Å²) in [5.41, 5.74) is 0.894. The van der Waals surface area contributed by atoms with Crippen LogP contribution in [0, 0.1) is 0 Å². The number of methoxy groups -OCH3 is 1. The first-order valence-electron chi connectivity index (χ1n) is 5.36. The van der Waals surface area contributed by atoms with E-state index in [9.17, 15) is 9.59 Å². The van der Waals surface area contributed by atoms with Gasteiger partial charge in [0.25, 0.3) is 0 Å². The summed E-state index contributed by atoms with van der Waals surface area (Å²) in [5, 5.41) is 0. The van der Waals surface area contributed by atoms with Crippen molar-refractivity contribution in [1.82, 2.24) is 0 Å². The lowest BCUT2D eigenvalue weighted by Crippen LogP contribution is -2.40. The molecule has 1 heterocycles. The minimum atomic E-state index is -0.553. The van der Waals surface area contributed by atoms with Crippen molar-refractivity contribution in [2.24, 2.45) is 0 Å². The normalized spacial score (nSPS) is 16.1. The van der Waals surface area contributed by atoms with Gasteiger partial charge >= 0.3 is 12.2 Å². The van der Waals surface area contributed by atoms with Crippen LogP contribution in [0.2, 0.25) is 0 Å². The van der Waals surface area contributed by atoms with E-state index in [1.54, 1.807) is 0 Å². The molecule has 0 atom stereocenters. The van der Waals surface area contributed by atoms with Gasteiger partial charge in [-0.25, -0.2) is 0 Å². The number of hydrogen-bond donors (Lipinski definition) is 0. The van der Waals surface area contributed by atoms with Crippen molar-refractivity contribution in [1.29, 1.82) is 0 Å². The number of carbonyl (C=O) groups is 2.